The first-order valence-corrected chi connectivity index (χ1v) is 7.43. The summed E-state index contributed by atoms with van der Waals surface area (Å²) in [6, 6.07) is 8.30. The number of benzene rings is 1. The van der Waals surface area contributed by atoms with Crippen LogP contribution in [0.1, 0.15) is 6.92 Å². The Hall–Kier alpha value is -0.930. The van der Waals surface area contributed by atoms with Gasteiger partial charge in [0.1, 0.15) is 5.75 Å². The Labute approximate surface area is 121 Å². The lowest BCUT2D eigenvalue weighted by Crippen LogP contribution is -2.47. The van der Waals surface area contributed by atoms with Crippen molar-refractivity contribution >= 4 is 17.3 Å². The Morgan fingerprint density at radius 2 is 2.00 bits per heavy atom. The van der Waals surface area contributed by atoms with Crippen LogP contribution in [0.5, 0.6) is 5.75 Å². The lowest BCUT2D eigenvalue weighted by Gasteiger charge is -2.37. The standard InChI is InChI=1S/C15H23ClN2O/c1-13(11-16)12-17-6-8-18(9-7-17)14-4-3-5-15(10-14)19-2/h3-5,10,13H,6-9,11-12H2,1-2H3. The number of hydrogen-bond donors (Lipinski definition) is 0. The van der Waals surface area contributed by atoms with Gasteiger partial charge in [-0.15, -0.1) is 11.6 Å². The third-order valence-electron chi connectivity index (χ3n) is 3.62. The summed E-state index contributed by atoms with van der Waals surface area (Å²) >= 11 is 5.88. The van der Waals surface area contributed by atoms with Crippen LogP contribution in [-0.2, 0) is 0 Å². The van der Waals surface area contributed by atoms with Gasteiger partial charge >= 0.3 is 0 Å². The van der Waals surface area contributed by atoms with Crippen LogP contribution in [-0.4, -0.2) is 50.6 Å². The first-order chi connectivity index (χ1) is 9.22. The zero-order chi connectivity index (χ0) is 13.7. The third kappa shape index (κ3) is 4.02. The van der Waals surface area contributed by atoms with Gasteiger partial charge in [-0.3, -0.25) is 4.90 Å². The van der Waals surface area contributed by atoms with E-state index in [2.05, 4.69) is 34.9 Å². The fraction of sp³-hybridized carbons (Fsp3) is 0.600. The van der Waals surface area contributed by atoms with Crippen LogP contribution in [0.25, 0.3) is 0 Å². The summed E-state index contributed by atoms with van der Waals surface area (Å²) in [7, 11) is 1.71. The van der Waals surface area contributed by atoms with Crippen LogP contribution >= 0.6 is 11.6 Å². The van der Waals surface area contributed by atoms with E-state index < -0.39 is 0 Å². The van der Waals surface area contributed by atoms with Crippen LogP contribution < -0.4 is 9.64 Å². The summed E-state index contributed by atoms with van der Waals surface area (Å²) in [6.45, 7) is 7.68. The predicted molar refractivity (Wildman–Crippen MR) is 81.5 cm³/mol. The van der Waals surface area contributed by atoms with Gasteiger partial charge in [0, 0.05) is 50.4 Å². The van der Waals surface area contributed by atoms with Crippen molar-refractivity contribution in [1.29, 1.82) is 0 Å². The maximum absolute atomic E-state index is 5.88. The molecule has 0 aromatic heterocycles. The molecule has 0 aliphatic carbocycles. The molecule has 1 heterocycles. The molecule has 19 heavy (non-hydrogen) atoms. The molecule has 106 valence electrons. The van der Waals surface area contributed by atoms with Crippen molar-refractivity contribution < 1.29 is 4.74 Å². The molecule has 4 heteroatoms. The van der Waals surface area contributed by atoms with Gasteiger partial charge in [-0.25, -0.2) is 0 Å². The van der Waals surface area contributed by atoms with Crippen molar-refractivity contribution in [3.8, 4) is 5.75 Å². The minimum absolute atomic E-state index is 0.574. The number of ether oxygens (including phenoxy) is 1. The summed E-state index contributed by atoms with van der Waals surface area (Å²) in [5.74, 6) is 2.25. The Morgan fingerprint density at radius 1 is 1.26 bits per heavy atom. The second-order valence-electron chi connectivity index (χ2n) is 5.25. The highest BCUT2D eigenvalue weighted by atomic mass is 35.5. The van der Waals surface area contributed by atoms with Gasteiger partial charge in [0.25, 0.3) is 0 Å². The minimum atomic E-state index is 0.574. The molecule has 1 aliphatic rings. The SMILES string of the molecule is COc1cccc(N2CCN(CC(C)CCl)CC2)c1. The molecule has 0 amide bonds. The van der Waals surface area contributed by atoms with E-state index in [9.17, 15) is 0 Å². The van der Waals surface area contributed by atoms with Crippen molar-refractivity contribution in [1.82, 2.24) is 4.90 Å². The van der Waals surface area contributed by atoms with Crippen LogP contribution in [0.4, 0.5) is 5.69 Å². The van der Waals surface area contributed by atoms with Crippen molar-refractivity contribution in [2.75, 3.05) is 50.6 Å². The molecule has 0 N–H and O–H groups in total. The molecule has 0 spiro atoms. The van der Waals surface area contributed by atoms with E-state index in [-0.39, 0.29) is 0 Å². The van der Waals surface area contributed by atoms with E-state index in [1.165, 1.54) is 5.69 Å². The van der Waals surface area contributed by atoms with Gasteiger partial charge in [0.2, 0.25) is 0 Å². The van der Waals surface area contributed by atoms with E-state index in [0.717, 1.165) is 44.4 Å². The smallest absolute Gasteiger partial charge is 0.120 e. The van der Waals surface area contributed by atoms with E-state index in [0.29, 0.717) is 5.92 Å². The number of alkyl halides is 1. The molecule has 0 radical (unpaired) electrons. The topological polar surface area (TPSA) is 15.7 Å². The van der Waals surface area contributed by atoms with Crippen LogP contribution in [0.15, 0.2) is 24.3 Å². The van der Waals surface area contributed by atoms with Gasteiger partial charge < -0.3 is 9.64 Å². The van der Waals surface area contributed by atoms with Gasteiger partial charge in [-0.1, -0.05) is 13.0 Å². The van der Waals surface area contributed by atoms with Crippen molar-refractivity contribution in [3.63, 3.8) is 0 Å². The fourth-order valence-electron chi connectivity index (χ4n) is 2.49. The Balaban J connectivity index is 1.88. The highest BCUT2D eigenvalue weighted by Gasteiger charge is 2.18. The Morgan fingerprint density at radius 3 is 2.63 bits per heavy atom. The average Bonchev–Trinajstić information content (AvgIpc) is 2.48. The summed E-state index contributed by atoms with van der Waals surface area (Å²) < 4.78 is 5.28. The highest BCUT2D eigenvalue weighted by Crippen LogP contribution is 2.22. The van der Waals surface area contributed by atoms with E-state index in [1.807, 2.05) is 6.07 Å². The molecule has 2 rings (SSSR count). The van der Waals surface area contributed by atoms with Crippen LogP contribution in [0.3, 0.4) is 0 Å². The Kier molecular flexibility index (Phi) is 5.34. The molecule has 3 nitrogen and oxygen atoms in total. The van der Waals surface area contributed by atoms with E-state index >= 15 is 0 Å². The number of rotatable bonds is 5. The summed E-state index contributed by atoms with van der Waals surface area (Å²) in [4.78, 5) is 4.92. The zero-order valence-corrected chi connectivity index (χ0v) is 12.6. The number of hydrogen-bond acceptors (Lipinski definition) is 3. The molecular weight excluding hydrogens is 260 g/mol. The predicted octanol–water partition coefficient (Wildman–Crippen LogP) is 2.69. The Bertz CT molecular complexity index is 391. The maximum atomic E-state index is 5.88. The molecule has 1 unspecified atom stereocenters. The van der Waals surface area contributed by atoms with Crippen molar-refractivity contribution in [3.05, 3.63) is 24.3 Å². The van der Waals surface area contributed by atoms with Crippen molar-refractivity contribution in [2.45, 2.75) is 6.92 Å². The number of piperazine rings is 1. The molecule has 1 aromatic carbocycles. The van der Waals surface area contributed by atoms with E-state index in [4.69, 9.17) is 16.3 Å². The molecule has 1 aliphatic heterocycles. The lowest BCUT2D eigenvalue weighted by atomic mass is 10.1. The molecular formula is C15H23ClN2O. The van der Waals surface area contributed by atoms with Gasteiger partial charge in [0.05, 0.1) is 7.11 Å². The van der Waals surface area contributed by atoms with Crippen molar-refractivity contribution in [2.24, 2.45) is 5.92 Å². The highest BCUT2D eigenvalue weighted by molar-refractivity contribution is 6.18. The average molecular weight is 283 g/mol. The van der Waals surface area contributed by atoms with Gasteiger partial charge in [-0.05, 0) is 18.1 Å². The lowest BCUT2D eigenvalue weighted by molar-refractivity contribution is 0.232. The minimum Gasteiger partial charge on any atom is -0.497 e. The summed E-state index contributed by atoms with van der Waals surface area (Å²) in [6.07, 6.45) is 0. The largest absolute Gasteiger partial charge is 0.497 e. The first-order valence-electron chi connectivity index (χ1n) is 6.90. The number of nitrogens with zero attached hydrogens (tertiary/aromatic N) is 2. The number of halogens is 1. The van der Waals surface area contributed by atoms with Crippen LogP contribution in [0, 0.1) is 5.92 Å². The second-order valence-corrected chi connectivity index (χ2v) is 5.56. The fourth-order valence-corrected chi connectivity index (χ4v) is 2.58. The second kappa shape index (κ2) is 7.01. The third-order valence-corrected chi connectivity index (χ3v) is 4.15. The van der Waals surface area contributed by atoms with Gasteiger partial charge in [0.15, 0.2) is 0 Å². The van der Waals surface area contributed by atoms with Gasteiger partial charge in [-0.2, -0.15) is 0 Å². The summed E-state index contributed by atoms with van der Waals surface area (Å²) in [5, 5.41) is 0. The molecule has 1 fully saturated rings. The quantitative estimate of drug-likeness (QED) is 0.773. The molecule has 1 atom stereocenters. The number of methoxy groups -OCH3 is 1. The zero-order valence-electron chi connectivity index (χ0n) is 11.8. The molecule has 1 aromatic rings. The van der Waals surface area contributed by atoms with Crippen LogP contribution in [0.2, 0.25) is 0 Å². The maximum Gasteiger partial charge on any atom is 0.120 e. The number of anilines is 1. The molecule has 1 saturated heterocycles. The normalized spacial score (nSPS) is 18.4. The summed E-state index contributed by atoms with van der Waals surface area (Å²) in [5.41, 5.74) is 1.25. The molecule has 0 saturated carbocycles. The first kappa shape index (κ1) is 14.5. The van der Waals surface area contributed by atoms with E-state index in [1.54, 1.807) is 7.11 Å². The monoisotopic (exact) mass is 282 g/mol. The molecule has 0 bridgehead atoms.